The lowest BCUT2D eigenvalue weighted by Crippen LogP contribution is -2.28. The van der Waals surface area contributed by atoms with Crippen LogP contribution in [0.5, 0.6) is 0 Å². The van der Waals surface area contributed by atoms with E-state index in [0.717, 1.165) is 6.54 Å². The first-order valence-electron chi connectivity index (χ1n) is 6.32. The number of halogens is 2. The van der Waals surface area contributed by atoms with E-state index in [1.165, 1.54) is 26.4 Å². The van der Waals surface area contributed by atoms with Crippen molar-refractivity contribution in [2.75, 3.05) is 6.54 Å². The summed E-state index contributed by atoms with van der Waals surface area (Å²) in [6.45, 7) is 7.75. The van der Waals surface area contributed by atoms with Crippen LogP contribution in [0.1, 0.15) is 45.2 Å². The summed E-state index contributed by atoms with van der Waals surface area (Å²) in [6.07, 6.45) is 2.43. The molecule has 0 amide bonds. The van der Waals surface area contributed by atoms with Crippen LogP contribution in [0, 0.1) is 9.49 Å². The smallest absolute Gasteiger partial charge is 0.0359 e. The first-order chi connectivity index (χ1) is 8.13. The van der Waals surface area contributed by atoms with Gasteiger partial charge in [0.15, 0.2) is 0 Å². The highest BCUT2D eigenvalue weighted by Crippen LogP contribution is 2.33. The average molecular weight is 410 g/mol. The van der Waals surface area contributed by atoms with E-state index in [1.807, 2.05) is 0 Å². The third-order valence-electron chi connectivity index (χ3n) is 3.24. The van der Waals surface area contributed by atoms with Crippen molar-refractivity contribution in [3.63, 3.8) is 0 Å². The lowest BCUT2D eigenvalue weighted by atomic mass is 9.89. The molecule has 0 aliphatic heterocycles. The van der Waals surface area contributed by atoms with Crippen molar-refractivity contribution >= 4 is 38.5 Å². The van der Waals surface area contributed by atoms with Gasteiger partial charge in [0.25, 0.3) is 0 Å². The minimum absolute atomic E-state index is 0.457. The maximum absolute atomic E-state index is 3.68. The molecule has 1 N–H and O–H groups in total. The third kappa shape index (κ3) is 4.21. The quantitative estimate of drug-likeness (QED) is 0.641. The van der Waals surface area contributed by atoms with Crippen LogP contribution in [0.4, 0.5) is 0 Å². The molecular formula is C14H21BrIN. The molecule has 1 aromatic rings. The first kappa shape index (κ1) is 15.4. The molecule has 0 heterocycles. The number of nitrogens with one attached hydrogen (secondary N) is 1. The Bertz CT molecular complexity index is 350. The molecule has 0 saturated heterocycles. The Balaban J connectivity index is 3.07. The fraction of sp³-hybridized carbons (Fsp3) is 0.571. The Hall–Kier alpha value is 0.390. The zero-order valence-corrected chi connectivity index (χ0v) is 14.5. The molecule has 0 spiro atoms. The molecule has 0 saturated carbocycles. The molecule has 0 aliphatic rings. The largest absolute Gasteiger partial charge is 0.310 e. The highest BCUT2D eigenvalue weighted by Gasteiger charge is 2.21. The molecule has 0 aliphatic carbocycles. The van der Waals surface area contributed by atoms with Crippen molar-refractivity contribution in [2.24, 2.45) is 5.92 Å². The van der Waals surface area contributed by atoms with Crippen LogP contribution in [0.15, 0.2) is 22.7 Å². The van der Waals surface area contributed by atoms with Gasteiger partial charge in [-0.05, 0) is 58.8 Å². The van der Waals surface area contributed by atoms with Gasteiger partial charge >= 0.3 is 0 Å². The molecule has 1 unspecified atom stereocenters. The van der Waals surface area contributed by atoms with Gasteiger partial charge in [-0.25, -0.2) is 0 Å². The Morgan fingerprint density at radius 3 is 2.41 bits per heavy atom. The monoisotopic (exact) mass is 409 g/mol. The predicted octanol–water partition coefficient (Wildman–Crippen LogP) is 5.14. The Labute approximate surface area is 127 Å². The van der Waals surface area contributed by atoms with Gasteiger partial charge in [-0.2, -0.15) is 0 Å². The van der Waals surface area contributed by atoms with E-state index in [2.05, 4.69) is 82.8 Å². The van der Waals surface area contributed by atoms with Crippen LogP contribution in [0.3, 0.4) is 0 Å². The van der Waals surface area contributed by atoms with Crippen molar-refractivity contribution in [1.82, 2.24) is 5.32 Å². The van der Waals surface area contributed by atoms with Crippen molar-refractivity contribution < 1.29 is 0 Å². The zero-order valence-electron chi connectivity index (χ0n) is 10.8. The van der Waals surface area contributed by atoms with Crippen molar-refractivity contribution in [1.29, 1.82) is 0 Å². The van der Waals surface area contributed by atoms with Gasteiger partial charge in [-0.3, -0.25) is 0 Å². The SMILES string of the molecule is CCNC(c1cc(I)ccc1Br)C(CC)CC. The van der Waals surface area contributed by atoms with Gasteiger partial charge in [0.2, 0.25) is 0 Å². The summed E-state index contributed by atoms with van der Waals surface area (Å²) < 4.78 is 2.52. The molecule has 1 atom stereocenters. The lowest BCUT2D eigenvalue weighted by molar-refractivity contribution is 0.345. The Morgan fingerprint density at radius 1 is 1.24 bits per heavy atom. The van der Waals surface area contributed by atoms with Gasteiger partial charge in [-0.15, -0.1) is 0 Å². The molecule has 0 aromatic heterocycles. The van der Waals surface area contributed by atoms with Gasteiger partial charge in [0, 0.05) is 14.1 Å². The number of hydrogen-bond donors (Lipinski definition) is 1. The second-order valence-corrected chi connectivity index (χ2v) is 6.38. The Morgan fingerprint density at radius 2 is 1.88 bits per heavy atom. The lowest BCUT2D eigenvalue weighted by Gasteiger charge is -2.27. The van der Waals surface area contributed by atoms with Crippen molar-refractivity contribution in [2.45, 2.75) is 39.7 Å². The third-order valence-corrected chi connectivity index (χ3v) is 4.63. The van der Waals surface area contributed by atoms with Crippen LogP contribution in [-0.2, 0) is 0 Å². The van der Waals surface area contributed by atoms with E-state index in [1.54, 1.807) is 0 Å². The van der Waals surface area contributed by atoms with E-state index >= 15 is 0 Å². The van der Waals surface area contributed by atoms with E-state index in [-0.39, 0.29) is 0 Å². The minimum Gasteiger partial charge on any atom is -0.310 e. The van der Waals surface area contributed by atoms with Gasteiger partial charge in [0.1, 0.15) is 0 Å². The zero-order chi connectivity index (χ0) is 12.8. The second kappa shape index (κ2) is 7.74. The molecular weight excluding hydrogens is 389 g/mol. The van der Waals surface area contributed by atoms with Gasteiger partial charge in [0.05, 0.1) is 0 Å². The van der Waals surface area contributed by atoms with E-state index in [0.29, 0.717) is 12.0 Å². The van der Waals surface area contributed by atoms with Crippen LogP contribution in [0.25, 0.3) is 0 Å². The summed E-state index contributed by atoms with van der Waals surface area (Å²) in [6, 6.07) is 7.04. The number of hydrogen-bond acceptors (Lipinski definition) is 1. The highest BCUT2D eigenvalue weighted by molar-refractivity contribution is 14.1. The van der Waals surface area contributed by atoms with Crippen LogP contribution in [0.2, 0.25) is 0 Å². The number of benzene rings is 1. The molecule has 3 heteroatoms. The van der Waals surface area contributed by atoms with Crippen molar-refractivity contribution in [3.8, 4) is 0 Å². The maximum Gasteiger partial charge on any atom is 0.0359 e. The molecule has 0 fully saturated rings. The normalized spacial score (nSPS) is 13.1. The van der Waals surface area contributed by atoms with E-state index in [9.17, 15) is 0 Å². The summed E-state index contributed by atoms with van der Waals surface area (Å²) in [4.78, 5) is 0. The summed E-state index contributed by atoms with van der Waals surface area (Å²) in [5.74, 6) is 0.699. The molecule has 0 bridgehead atoms. The summed E-state index contributed by atoms with van der Waals surface area (Å²) >= 11 is 6.07. The molecule has 1 aromatic carbocycles. The standard InChI is InChI=1S/C14H21BrIN/c1-4-10(5-2)14(17-6-3)12-9-11(16)7-8-13(12)15/h7-10,14,17H,4-6H2,1-3H3. The topological polar surface area (TPSA) is 12.0 Å². The molecule has 1 nitrogen and oxygen atoms in total. The van der Waals surface area contributed by atoms with Crippen LogP contribution >= 0.6 is 38.5 Å². The predicted molar refractivity (Wildman–Crippen MR) is 87.3 cm³/mol. The Kier molecular flexibility index (Phi) is 7.04. The van der Waals surface area contributed by atoms with E-state index in [4.69, 9.17) is 0 Å². The maximum atomic E-state index is 3.68. The molecule has 17 heavy (non-hydrogen) atoms. The fourth-order valence-electron chi connectivity index (χ4n) is 2.26. The first-order valence-corrected chi connectivity index (χ1v) is 8.19. The summed E-state index contributed by atoms with van der Waals surface area (Å²) in [7, 11) is 0. The minimum atomic E-state index is 0.457. The highest BCUT2D eigenvalue weighted by atomic mass is 127. The fourth-order valence-corrected chi connectivity index (χ4v) is 3.27. The molecule has 1 rings (SSSR count). The van der Waals surface area contributed by atoms with Gasteiger partial charge < -0.3 is 5.32 Å². The van der Waals surface area contributed by atoms with Gasteiger partial charge in [-0.1, -0.05) is 49.5 Å². The van der Waals surface area contributed by atoms with Crippen LogP contribution in [-0.4, -0.2) is 6.54 Å². The summed E-state index contributed by atoms with van der Waals surface area (Å²) in [5, 5.41) is 3.64. The second-order valence-electron chi connectivity index (χ2n) is 4.28. The molecule has 0 radical (unpaired) electrons. The van der Waals surface area contributed by atoms with E-state index < -0.39 is 0 Å². The number of rotatable bonds is 6. The van der Waals surface area contributed by atoms with Crippen molar-refractivity contribution in [3.05, 3.63) is 31.8 Å². The summed E-state index contributed by atoms with van der Waals surface area (Å²) in [5.41, 5.74) is 1.40. The average Bonchev–Trinajstić information content (AvgIpc) is 2.33. The van der Waals surface area contributed by atoms with Crippen LogP contribution < -0.4 is 5.32 Å². The molecule has 96 valence electrons.